The summed E-state index contributed by atoms with van der Waals surface area (Å²) in [5, 5.41) is 5.08. The summed E-state index contributed by atoms with van der Waals surface area (Å²) in [6, 6.07) is 15.1. The molecule has 3 aromatic rings. The van der Waals surface area contributed by atoms with E-state index in [0.29, 0.717) is 5.56 Å². The van der Waals surface area contributed by atoms with E-state index in [1.54, 1.807) is 18.3 Å². The molecule has 104 valence electrons. The van der Waals surface area contributed by atoms with Crippen LogP contribution in [-0.2, 0) is 0 Å². The minimum Gasteiger partial charge on any atom is -0.361 e. The molecule has 0 saturated carbocycles. The number of H-pyrrole nitrogens is 1. The van der Waals surface area contributed by atoms with Gasteiger partial charge in [0, 0.05) is 32.7 Å². The summed E-state index contributed by atoms with van der Waals surface area (Å²) in [6.07, 6.45) is 3.49. The van der Waals surface area contributed by atoms with Gasteiger partial charge < -0.3 is 4.98 Å². The largest absolute Gasteiger partial charge is 0.361 e. The lowest BCUT2D eigenvalue weighted by Gasteiger charge is -1.99. The molecule has 0 aliphatic heterocycles. The van der Waals surface area contributed by atoms with Crippen LogP contribution in [0.4, 0.5) is 0 Å². The average Bonchev–Trinajstić information content (AvgIpc) is 2.91. The molecule has 1 aromatic heterocycles. The Labute approximate surface area is 130 Å². The Hall–Kier alpha value is -2.40. The predicted molar refractivity (Wildman–Crippen MR) is 87.5 cm³/mol. The first kappa shape index (κ1) is 13.6. The van der Waals surface area contributed by atoms with Crippen molar-refractivity contribution in [1.82, 2.24) is 10.4 Å². The molecule has 0 aliphatic rings. The van der Waals surface area contributed by atoms with Crippen LogP contribution in [0.3, 0.4) is 0 Å². The zero-order valence-electron chi connectivity index (χ0n) is 11.0. The second-order valence-corrected chi connectivity index (χ2v) is 5.41. The van der Waals surface area contributed by atoms with Gasteiger partial charge in [-0.3, -0.25) is 4.79 Å². The van der Waals surface area contributed by atoms with Crippen molar-refractivity contribution in [2.24, 2.45) is 5.10 Å². The second kappa shape index (κ2) is 5.93. The van der Waals surface area contributed by atoms with Crippen molar-refractivity contribution in [2.45, 2.75) is 0 Å². The highest BCUT2D eigenvalue weighted by Crippen LogP contribution is 2.15. The van der Waals surface area contributed by atoms with E-state index in [-0.39, 0.29) is 5.91 Å². The quantitative estimate of drug-likeness (QED) is 0.553. The van der Waals surface area contributed by atoms with Gasteiger partial charge in [-0.25, -0.2) is 5.43 Å². The van der Waals surface area contributed by atoms with Crippen LogP contribution < -0.4 is 5.43 Å². The zero-order valence-corrected chi connectivity index (χ0v) is 12.6. The van der Waals surface area contributed by atoms with Crippen LogP contribution in [0.2, 0.25) is 0 Å². The number of fused-ring (bicyclic) bond motifs is 1. The number of hydrazone groups is 1. The van der Waals surface area contributed by atoms with Gasteiger partial charge in [-0.2, -0.15) is 5.10 Å². The Bertz CT molecular complexity index is 823. The number of amides is 1. The van der Waals surface area contributed by atoms with E-state index in [0.717, 1.165) is 20.9 Å². The Morgan fingerprint density at radius 1 is 1.19 bits per heavy atom. The first-order valence-electron chi connectivity index (χ1n) is 6.39. The molecule has 2 N–H and O–H groups in total. The fourth-order valence-electron chi connectivity index (χ4n) is 2.06. The molecule has 0 spiro atoms. The van der Waals surface area contributed by atoms with E-state index in [1.807, 2.05) is 42.6 Å². The maximum atomic E-state index is 11.9. The number of rotatable bonds is 3. The van der Waals surface area contributed by atoms with Crippen molar-refractivity contribution in [3.8, 4) is 0 Å². The van der Waals surface area contributed by atoms with Gasteiger partial charge in [0.05, 0.1) is 6.21 Å². The fourth-order valence-corrected chi connectivity index (χ4v) is 2.45. The maximum Gasteiger partial charge on any atom is 0.271 e. The molecule has 0 aliphatic carbocycles. The number of halogens is 1. The van der Waals surface area contributed by atoms with Crippen LogP contribution in [0.15, 0.2) is 64.3 Å². The van der Waals surface area contributed by atoms with Gasteiger partial charge >= 0.3 is 0 Å². The first-order valence-corrected chi connectivity index (χ1v) is 7.18. The third kappa shape index (κ3) is 3.03. The van der Waals surface area contributed by atoms with E-state index >= 15 is 0 Å². The van der Waals surface area contributed by atoms with Gasteiger partial charge in [-0.1, -0.05) is 40.2 Å². The zero-order chi connectivity index (χ0) is 14.7. The normalized spacial score (nSPS) is 11.1. The third-order valence-electron chi connectivity index (χ3n) is 3.08. The Morgan fingerprint density at radius 3 is 2.90 bits per heavy atom. The number of aromatic nitrogens is 1. The van der Waals surface area contributed by atoms with Gasteiger partial charge in [0.2, 0.25) is 0 Å². The molecule has 0 bridgehead atoms. The Balaban J connectivity index is 1.74. The lowest BCUT2D eigenvalue weighted by atomic mass is 10.2. The molecule has 1 heterocycles. The van der Waals surface area contributed by atoms with Gasteiger partial charge in [-0.05, 0) is 24.3 Å². The van der Waals surface area contributed by atoms with Crippen molar-refractivity contribution in [2.75, 3.05) is 0 Å². The number of nitrogens with zero attached hydrogens (tertiary/aromatic N) is 1. The molecule has 0 atom stereocenters. The summed E-state index contributed by atoms with van der Waals surface area (Å²) in [7, 11) is 0. The number of carbonyl (C=O) groups is 1. The van der Waals surface area contributed by atoms with Crippen LogP contribution in [0.25, 0.3) is 10.9 Å². The molecule has 21 heavy (non-hydrogen) atoms. The van der Waals surface area contributed by atoms with E-state index in [9.17, 15) is 4.79 Å². The highest BCUT2D eigenvalue weighted by atomic mass is 79.9. The van der Waals surface area contributed by atoms with E-state index < -0.39 is 0 Å². The standard InChI is InChI=1S/C16H12BrN3O/c17-13-5-3-4-11(8-13)16(21)20-19-10-12-9-18-15-7-2-1-6-14(12)15/h1-10,18H,(H,20,21)/b19-10+. The van der Waals surface area contributed by atoms with Crippen molar-refractivity contribution < 1.29 is 4.79 Å². The van der Waals surface area contributed by atoms with Crippen LogP contribution in [-0.4, -0.2) is 17.1 Å². The predicted octanol–water partition coefficient (Wildman–Crippen LogP) is 3.69. The lowest BCUT2D eigenvalue weighted by molar-refractivity contribution is 0.0955. The number of hydrogen-bond donors (Lipinski definition) is 2. The molecule has 3 rings (SSSR count). The molecule has 5 heteroatoms. The molecule has 4 nitrogen and oxygen atoms in total. The number of nitrogens with one attached hydrogen (secondary N) is 2. The smallest absolute Gasteiger partial charge is 0.271 e. The summed E-state index contributed by atoms with van der Waals surface area (Å²) < 4.78 is 0.857. The summed E-state index contributed by atoms with van der Waals surface area (Å²) in [6.45, 7) is 0. The summed E-state index contributed by atoms with van der Waals surface area (Å²) in [5.74, 6) is -0.243. The monoisotopic (exact) mass is 341 g/mol. The van der Waals surface area contributed by atoms with E-state index in [2.05, 4.69) is 31.4 Å². The summed E-state index contributed by atoms with van der Waals surface area (Å²) in [4.78, 5) is 15.1. The molecule has 0 fully saturated rings. The first-order chi connectivity index (χ1) is 10.2. The lowest BCUT2D eigenvalue weighted by Crippen LogP contribution is -2.17. The van der Waals surface area contributed by atoms with Crippen LogP contribution >= 0.6 is 15.9 Å². The number of aromatic amines is 1. The van der Waals surface area contributed by atoms with Crippen molar-refractivity contribution >= 4 is 39.0 Å². The highest BCUT2D eigenvalue weighted by molar-refractivity contribution is 9.10. The number of para-hydroxylation sites is 1. The van der Waals surface area contributed by atoms with Gasteiger partial charge in [0.1, 0.15) is 0 Å². The molecular formula is C16H12BrN3O. The van der Waals surface area contributed by atoms with Gasteiger partial charge in [0.15, 0.2) is 0 Å². The minimum absolute atomic E-state index is 0.243. The third-order valence-corrected chi connectivity index (χ3v) is 3.57. The van der Waals surface area contributed by atoms with Gasteiger partial charge in [0.25, 0.3) is 5.91 Å². The fraction of sp³-hybridized carbons (Fsp3) is 0. The maximum absolute atomic E-state index is 11.9. The van der Waals surface area contributed by atoms with Crippen LogP contribution in [0, 0.1) is 0 Å². The van der Waals surface area contributed by atoms with Crippen LogP contribution in [0.1, 0.15) is 15.9 Å². The number of carbonyl (C=O) groups excluding carboxylic acids is 1. The summed E-state index contributed by atoms with van der Waals surface area (Å²) >= 11 is 3.33. The van der Waals surface area contributed by atoms with E-state index in [1.165, 1.54) is 0 Å². The SMILES string of the molecule is O=C(N/N=C/c1c[nH]c2ccccc12)c1cccc(Br)c1. The van der Waals surface area contributed by atoms with Crippen molar-refractivity contribution in [1.29, 1.82) is 0 Å². The molecular weight excluding hydrogens is 330 g/mol. The Kier molecular flexibility index (Phi) is 3.83. The topological polar surface area (TPSA) is 57.2 Å². The molecule has 0 radical (unpaired) electrons. The van der Waals surface area contributed by atoms with Crippen molar-refractivity contribution in [3.63, 3.8) is 0 Å². The van der Waals surface area contributed by atoms with E-state index in [4.69, 9.17) is 0 Å². The van der Waals surface area contributed by atoms with Gasteiger partial charge in [-0.15, -0.1) is 0 Å². The number of hydrogen-bond acceptors (Lipinski definition) is 2. The summed E-state index contributed by atoms with van der Waals surface area (Å²) in [5.41, 5.74) is 5.05. The minimum atomic E-state index is -0.243. The molecule has 2 aromatic carbocycles. The highest BCUT2D eigenvalue weighted by Gasteiger charge is 2.04. The Morgan fingerprint density at radius 2 is 2.05 bits per heavy atom. The average molecular weight is 342 g/mol. The number of benzene rings is 2. The molecule has 0 saturated heterocycles. The molecule has 0 unspecified atom stereocenters. The second-order valence-electron chi connectivity index (χ2n) is 4.50. The van der Waals surface area contributed by atoms with Crippen molar-refractivity contribution in [3.05, 3.63) is 70.3 Å². The molecule has 1 amide bonds. The van der Waals surface area contributed by atoms with Crippen LogP contribution in [0.5, 0.6) is 0 Å².